The highest BCUT2D eigenvalue weighted by Crippen LogP contribution is 2.26. The molecule has 7 heteroatoms. The normalized spacial score (nSPS) is 17.8. The van der Waals surface area contributed by atoms with Gasteiger partial charge in [-0.25, -0.2) is 9.37 Å². The van der Waals surface area contributed by atoms with Gasteiger partial charge in [-0.05, 0) is 37.5 Å². The molecule has 3 rings (SSSR count). The van der Waals surface area contributed by atoms with Crippen molar-refractivity contribution >= 4 is 22.6 Å². The van der Waals surface area contributed by atoms with Crippen molar-refractivity contribution in [3.05, 3.63) is 41.5 Å². The number of piperidine rings is 1. The molecular weight excluding hydrogens is 329 g/mol. The second kappa shape index (κ2) is 7.70. The average molecular weight is 349 g/mol. The van der Waals surface area contributed by atoms with Gasteiger partial charge in [0.1, 0.15) is 11.6 Å². The fourth-order valence-corrected chi connectivity index (χ4v) is 3.55. The summed E-state index contributed by atoms with van der Waals surface area (Å²) in [6.07, 6.45) is 2.37. The Morgan fingerprint density at radius 2 is 2.21 bits per heavy atom. The molecule has 0 spiro atoms. The third-order valence-corrected chi connectivity index (χ3v) is 4.86. The van der Waals surface area contributed by atoms with Gasteiger partial charge in [-0.15, -0.1) is 0 Å². The van der Waals surface area contributed by atoms with E-state index >= 15 is 0 Å². The second-order valence-corrected chi connectivity index (χ2v) is 6.56. The lowest BCUT2D eigenvalue weighted by Crippen LogP contribution is -2.39. The van der Waals surface area contributed by atoms with E-state index in [4.69, 9.17) is 4.74 Å². The number of ether oxygens (including phenoxy) is 1. The van der Waals surface area contributed by atoms with Crippen LogP contribution in [-0.4, -0.2) is 35.0 Å². The van der Waals surface area contributed by atoms with E-state index in [2.05, 4.69) is 14.3 Å². The summed E-state index contributed by atoms with van der Waals surface area (Å²) in [5.74, 6) is 0.255. The summed E-state index contributed by atoms with van der Waals surface area (Å²) in [6, 6.07) is 6.37. The highest BCUT2D eigenvalue weighted by molar-refractivity contribution is 7.09. The second-order valence-electron chi connectivity index (χ2n) is 5.83. The Labute approximate surface area is 144 Å². The summed E-state index contributed by atoms with van der Waals surface area (Å²) in [4.78, 5) is 18.6. The number of nitrogens with zero attached hydrogens (tertiary/aromatic N) is 3. The van der Waals surface area contributed by atoms with Crippen molar-refractivity contribution in [1.29, 1.82) is 0 Å². The summed E-state index contributed by atoms with van der Waals surface area (Å²) < 4.78 is 22.5. The van der Waals surface area contributed by atoms with Gasteiger partial charge in [0.2, 0.25) is 5.13 Å². The van der Waals surface area contributed by atoms with E-state index < -0.39 is 0 Å². The molecule has 1 aromatic carbocycles. The van der Waals surface area contributed by atoms with Gasteiger partial charge < -0.3 is 9.64 Å². The number of esters is 1. The zero-order chi connectivity index (χ0) is 16.9. The van der Waals surface area contributed by atoms with Crippen molar-refractivity contribution in [1.82, 2.24) is 9.36 Å². The Balaban J connectivity index is 1.64. The monoisotopic (exact) mass is 349 g/mol. The number of carbonyl (C=O) groups excluding carboxylic acids is 1. The molecule has 0 aliphatic carbocycles. The minimum Gasteiger partial charge on any atom is -0.466 e. The summed E-state index contributed by atoms with van der Waals surface area (Å²) >= 11 is 1.34. The maximum Gasteiger partial charge on any atom is 0.310 e. The zero-order valence-corrected chi connectivity index (χ0v) is 14.4. The number of carbonyl (C=O) groups is 1. The number of hydrogen-bond donors (Lipinski definition) is 0. The molecule has 1 aromatic heterocycles. The van der Waals surface area contributed by atoms with Crippen LogP contribution in [0.15, 0.2) is 24.3 Å². The maximum atomic E-state index is 13.0. The van der Waals surface area contributed by atoms with E-state index in [0.717, 1.165) is 35.9 Å². The Morgan fingerprint density at radius 3 is 2.96 bits per heavy atom. The molecule has 128 valence electrons. The molecule has 0 saturated carbocycles. The van der Waals surface area contributed by atoms with Crippen LogP contribution in [0.1, 0.15) is 31.2 Å². The molecule has 1 unspecified atom stereocenters. The number of benzene rings is 1. The van der Waals surface area contributed by atoms with E-state index in [1.165, 1.54) is 23.7 Å². The summed E-state index contributed by atoms with van der Waals surface area (Å²) in [6.45, 7) is 3.74. The first-order valence-electron chi connectivity index (χ1n) is 8.14. The Morgan fingerprint density at radius 1 is 1.42 bits per heavy atom. The molecule has 2 aromatic rings. The predicted molar refractivity (Wildman–Crippen MR) is 90.7 cm³/mol. The van der Waals surface area contributed by atoms with Gasteiger partial charge in [0.05, 0.1) is 12.5 Å². The minimum absolute atomic E-state index is 0.0943. The van der Waals surface area contributed by atoms with E-state index in [9.17, 15) is 9.18 Å². The molecule has 0 radical (unpaired) electrons. The smallest absolute Gasteiger partial charge is 0.310 e. The summed E-state index contributed by atoms with van der Waals surface area (Å²) in [5, 5.41) is 0.834. The largest absolute Gasteiger partial charge is 0.466 e. The molecule has 0 bridgehead atoms. The van der Waals surface area contributed by atoms with Crippen LogP contribution in [0.2, 0.25) is 0 Å². The minimum atomic E-state index is -0.246. The van der Waals surface area contributed by atoms with Crippen molar-refractivity contribution in [2.75, 3.05) is 24.6 Å². The van der Waals surface area contributed by atoms with Crippen molar-refractivity contribution in [3.8, 4) is 0 Å². The molecule has 1 fully saturated rings. The number of halogens is 1. The Hall–Kier alpha value is -2.02. The van der Waals surface area contributed by atoms with Gasteiger partial charge in [0, 0.05) is 31.0 Å². The first kappa shape index (κ1) is 16.8. The van der Waals surface area contributed by atoms with Gasteiger partial charge in [0.15, 0.2) is 0 Å². The van der Waals surface area contributed by atoms with E-state index in [0.29, 0.717) is 19.6 Å². The fourth-order valence-electron chi connectivity index (χ4n) is 2.83. The van der Waals surface area contributed by atoms with E-state index in [1.54, 1.807) is 12.1 Å². The molecule has 2 heterocycles. The van der Waals surface area contributed by atoms with Crippen LogP contribution < -0.4 is 4.90 Å². The molecular formula is C17H20FN3O2S. The molecule has 1 aliphatic rings. The molecule has 24 heavy (non-hydrogen) atoms. The van der Waals surface area contributed by atoms with E-state index in [-0.39, 0.29) is 17.7 Å². The van der Waals surface area contributed by atoms with E-state index in [1.807, 2.05) is 6.92 Å². The van der Waals surface area contributed by atoms with Crippen LogP contribution in [-0.2, 0) is 16.0 Å². The first-order chi connectivity index (χ1) is 11.7. The standard InChI is InChI=1S/C17H20FN3O2S/c1-2-23-16(22)13-4-3-9-21(11-13)17-19-15(20-24-17)10-12-5-7-14(18)8-6-12/h5-8,13H,2-4,9-11H2,1H3. The number of rotatable bonds is 5. The molecule has 0 amide bonds. The van der Waals surface area contributed by atoms with Crippen molar-refractivity contribution in [3.63, 3.8) is 0 Å². The topological polar surface area (TPSA) is 55.3 Å². The lowest BCUT2D eigenvalue weighted by Gasteiger charge is -2.30. The lowest BCUT2D eigenvalue weighted by molar-refractivity contribution is -0.148. The Kier molecular flexibility index (Phi) is 5.40. The maximum absolute atomic E-state index is 13.0. The van der Waals surface area contributed by atoms with Gasteiger partial charge in [-0.2, -0.15) is 4.37 Å². The summed E-state index contributed by atoms with van der Waals surface area (Å²) in [5.41, 5.74) is 0.976. The van der Waals surface area contributed by atoms with Crippen LogP contribution in [0.3, 0.4) is 0 Å². The van der Waals surface area contributed by atoms with Crippen LogP contribution in [0.25, 0.3) is 0 Å². The molecule has 5 nitrogen and oxygen atoms in total. The molecule has 0 N–H and O–H groups in total. The zero-order valence-electron chi connectivity index (χ0n) is 13.6. The van der Waals surface area contributed by atoms with Gasteiger partial charge in [0.25, 0.3) is 0 Å². The third-order valence-electron chi connectivity index (χ3n) is 4.04. The lowest BCUT2D eigenvalue weighted by atomic mass is 9.99. The van der Waals surface area contributed by atoms with Crippen LogP contribution in [0, 0.1) is 11.7 Å². The average Bonchev–Trinajstić information content (AvgIpc) is 3.06. The molecule has 1 atom stereocenters. The third kappa shape index (κ3) is 4.08. The Bertz CT molecular complexity index is 689. The van der Waals surface area contributed by atoms with Gasteiger partial charge >= 0.3 is 5.97 Å². The fraction of sp³-hybridized carbons (Fsp3) is 0.471. The van der Waals surface area contributed by atoms with Crippen molar-refractivity contribution < 1.29 is 13.9 Å². The van der Waals surface area contributed by atoms with Gasteiger partial charge in [-0.3, -0.25) is 4.79 Å². The van der Waals surface area contributed by atoms with Crippen LogP contribution in [0.4, 0.5) is 9.52 Å². The van der Waals surface area contributed by atoms with Crippen molar-refractivity contribution in [2.45, 2.75) is 26.2 Å². The SMILES string of the molecule is CCOC(=O)C1CCCN(c2nc(Cc3ccc(F)cc3)ns2)C1. The molecule has 1 saturated heterocycles. The summed E-state index contributed by atoms with van der Waals surface area (Å²) in [7, 11) is 0. The quantitative estimate of drug-likeness (QED) is 0.777. The number of aromatic nitrogens is 2. The number of anilines is 1. The predicted octanol–water partition coefficient (Wildman–Crippen LogP) is 3.05. The van der Waals surface area contributed by atoms with Crippen molar-refractivity contribution in [2.24, 2.45) is 5.92 Å². The highest BCUT2D eigenvalue weighted by Gasteiger charge is 2.28. The highest BCUT2D eigenvalue weighted by atomic mass is 32.1. The van der Waals surface area contributed by atoms with Crippen LogP contribution >= 0.6 is 11.5 Å². The van der Waals surface area contributed by atoms with Crippen LogP contribution in [0.5, 0.6) is 0 Å². The molecule has 1 aliphatic heterocycles. The first-order valence-corrected chi connectivity index (χ1v) is 8.91. The van der Waals surface area contributed by atoms with Gasteiger partial charge in [-0.1, -0.05) is 12.1 Å². The number of hydrogen-bond acceptors (Lipinski definition) is 6.